The van der Waals surface area contributed by atoms with Crippen molar-refractivity contribution in [2.24, 2.45) is 5.73 Å². The van der Waals surface area contributed by atoms with Crippen LogP contribution in [0, 0.1) is 6.92 Å². The molecular formula is C26H24N4O3. The summed E-state index contributed by atoms with van der Waals surface area (Å²) < 4.78 is 1.79. The maximum Gasteiger partial charge on any atom is 0.287 e. The van der Waals surface area contributed by atoms with Crippen molar-refractivity contribution in [1.82, 2.24) is 14.9 Å². The Kier molecular flexibility index (Phi) is 6.31. The first kappa shape index (κ1) is 22.0. The number of nitrogens with two attached hydrogens (primary N) is 1. The van der Waals surface area contributed by atoms with E-state index in [2.05, 4.69) is 16.4 Å². The van der Waals surface area contributed by atoms with Crippen molar-refractivity contribution in [3.8, 4) is 0 Å². The molecule has 2 amide bonds. The van der Waals surface area contributed by atoms with Crippen LogP contribution in [0.5, 0.6) is 0 Å². The minimum atomic E-state index is -1.09. The predicted molar refractivity (Wildman–Crippen MR) is 126 cm³/mol. The largest absolute Gasteiger partial charge is 0.363 e. The lowest BCUT2D eigenvalue weighted by Gasteiger charge is -2.17. The second-order valence-electron chi connectivity index (χ2n) is 7.90. The zero-order valence-corrected chi connectivity index (χ0v) is 18.2. The third-order valence-electron chi connectivity index (χ3n) is 5.59. The molecule has 0 aliphatic heterocycles. The Labute approximate surface area is 191 Å². The van der Waals surface area contributed by atoms with E-state index in [1.807, 2.05) is 73.7 Å². The highest BCUT2D eigenvalue weighted by Crippen LogP contribution is 2.18. The highest BCUT2D eigenvalue weighted by molar-refractivity contribution is 6.38. The molecule has 0 saturated carbocycles. The van der Waals surface area contributed by atoms with Gasteiger partial charge in [0.1, 0.15) is 17.6 Å². The van der Waals surface area contributed by atoms with Gasteiger partial charge in [-0.2, -0.15) is 0 Å². The summed E-state index contributed by atoms with van der Waals surface area (Å²) in [6, 6.07) is 22.3. The number of carbonyl (C=O) groups is 3. The van der Waals surface area contributed by atoms with Crippen LogP contribution in [-0.4, -0.2) is 33.2 Å². The van der Waals surface area contributed by atoms with E-state index in [9.17, 15) is 14.4 Å². The number of amides is 2. The van der Waals surface area contributed by atoms with E-state index in [4.69, 9.17) is 5.73 Å². The molecule has 0 aliphatic rings. The van der Waals surface area contributed by atoms with E-state index >= 15 is 0 Å². The molecule has 3 N–H and O–H groups in total. The van der Waals surface area contributed by atoms with Crippen LogP contribution >= 0.6 is 0 Å². The first-order valence-corrected chi connectivity index (χ1v) is 10.6. The van der Waals surface area contributed by atoms with Crippen LogP contribution < -0.4 is 11.1 Å². The molecule has 0 bridgehead atoms. The highest BCUT2D eigenvalue weighted by Gasteiger charge is 2.27. The van der Waals surface area contributed by atoms with E-state index < -0.39 is 23.6 Å². The molecule has 1 aromatic heterocycles. The van der Waals surface area contributed by atoms with Crippen molar-refractivity contribution in [3.05, 3.63) is 102 Å². The third-order valence-corrected chi connectivity index (χ3v) is 5.59. The number of nitrogens with one attached hydrogen (secondary N) is 1. The number of primary amides is 1. The van der Waals surface area contributed by atoms with Gasteiger partial charge in [0, 0.05) is 13.0 Å². The molecule has 1 heterocycles. The molecule has 0 radical (unpaired) electrons. The Morgan fingerprint density at radius 2 is 1.64 bits per heavy atom. The molecule has 0 fully saturated rings. The van der Waals surface area contributed by atoms with Crippen molar-refractivity contribution in [2.75, 3.05) is 0 Å². The van der Waals surface area contributed by atoms with Crippen molar-refractivity contribution in [2.45, 2.75) is 25.9 Å². The Bertz CT molecular complexity index is 1330. The number of carbonyl (C=O) groups excluding carboxylic acids is 3. The van der Waals surface area contributed by atoms with Crippen LogP contribution in [0.25, 0.3) is 10.8 Å². The van der Waals surface area contributed by atoms with E-state index in [0.29, 0.717) is 18.1 Å². The number of fused-ring (bicyclic) bond motifs is 1. The first-order valence-electron chi connectivity index (χ1n) is 10.6. The summed E-state index contributed by atoms with van der Waals surface area (Å²) in [6.07, 6.45) is 1.63. The number of rotatable bonds is 8. The van der Waals surface area contributed by atoms with E-state index in [1.165, 1.54) is 6.20 Å². The Hall–Kier alpha value is -4.26. The van der Waals surface area contributed by atoms with Crippen molar-refractivity contribution in [1.29, 1.82) is 0 Å². The van der Waals surface area contributed by atoms with Crippen molar-refractivity contribution in [3.63, 3.8) is 0 Å². The molecule has 33 heavy (non-hydrogen) atoms. The molecule has 7 heteroatoms. The fourth-order valence-corrected chi connectivity index (χ4v) is 3.83. The van der Waals surface area contributed by atoms with Crippen LogP contribution in [0.1, 0.15) is 27.4 Å². The zero-order valence-electron chi connectivity index (χ0n) is 18.2. The number of aromatic nitrogens is 2. The zero-order chi connectivity index (χ0) is 23.4. The summed E-state index contributed by atoms with van der Waals surface area (Å²) in [5, 5.41) is 4.92. The van der Waals surface area contributed by atoms with Crippen LogP contribution in [0.4, 0.5) is 0 Å². The fourth-order valence-electron chi connectivity index (χ4n) is 3.83. The molecule has 3 aromatic carbocycles. The third kappa shape index (κ3) is 4.98. The molecule has 4 aromatic rings. The van der Waals surface area contributed by atoms with Gasteiger partial charge in [0.2, 0.25) is 5.78 Å². The van der Waals surface area contributed by atoms with E-state index in [1.54, 1.807) is 4.57 Å². The number of hydrogen-bond acceptors (Lipinski definition) is 4. The highest BCUT2D eigenvalue weighted by atomic mass is 16.2. The number of nitrogens with zero attached hydrogens (tertiary/aromatic N) is 2. The molecule has 0 aliphatic carbocycles. The number of hydrogen-bond donors (Lipinski definition) is 2. The molecule has 0 saturated heterocycles. The van der Waals surface area contributed by atoms with Gasteiger partial charge in [0.25, 0.3) is 11.8 Å². The van der Waals surface area contributed by atoms with Gasteiger partial charge in [-0.25, -0.2) is 4.98 Å². The number of benzene rings is 3. The quantitative estimate of drug-likeness (QED) is 0.411. The molecule has 1 unspecified atom stereocenters. The van der Waals surface area contributed by atoms with Crippen LogP contribution in [0.3, 0.4) is 0 Å². The summed E-state index contributed by atoms with van der Waals surface area (Å²) >= 11 is 0. The molecule has 4 rings (SSSR count). The Morgan fingerprint density at radius 1 is 0.939 bits per heavy atom. The smallest absolute Gasteiger partial charge is 0.287 e. The second-order valence-corrected chi connectivity index (χ2v) is 7.90. The van der Waals surface area contributed by atoms with Gasteiger partial charge in [0.15, 0.2) is 0 Å². The topological polar surface area (TPSA) is 107 Å². The van der Waals surface area contributed by atoms with Gasteiger partial charge in [-0.3, -0.25) is 14.4 Å². The average Bonchev–Trinajstić information content (AvgIpc) is 3.18. The monoisotopic (exact) mass is 440 g/mol. The van der Waals surface area contributed by atoms with Gasteiger partial charge in [-0.15, -0.1) is 0 Å². The molecule has 0 spiro atoms. The molecular weight excluding hydrogens is 416 g/mol. The predicted octanol–water partition coefficient (Wildman–Crippen LogP) is 2.79. The van der Waals surface area contributed by atoms with Gasteiger partial charge in [0.05, 0.1) is 6.20 Å². The number of ketones is 1. The Morgan fingerprint density at radius 3 is 2.36 bits per heavy atom. The fraction of sp³-hybridized carbons (Fsp3) is 0.154. The molecule has 166 valence electrons. The van der Waals surface area contributed by atoms with Gasteiger partial charge in [-0.1, -0.05) is 66.7 Å². The van der Waals surface area contributed by atoms with Crippen LogP contribution in [0.15, 0.2) is 79.0 Å². The minimum Gasteiger partial charge on any atom is -0.363 e. The molecule has 7 nitrogen and oxygen atoms in total. The maximum atomic E-state index is 13.1. The minimum absolute atomic E-state index is 0.159. The SMILES string of the molecule is Cc1ncc(C(=O)NC(Cc2ccccc2)C(=O)C(N)=O)n1Cc1ccc2ccccc2c1. The van der Waals surface area contributed by atoms with Gasteiger partial charge in [-0.05, 0) is 34.9 Å². The number of Topliss-reactive ketones (excluding diaryl/α,β-unsaturated/α-hetero) is 1. The lowest BCUT2D eigenvalue weighted by atomic mass is 10.0. The number of aryl methyl sites for hydroxylation is 1. The first-order chi connectivity index (χ1) is 15.9. The number of imidazole rings is 1. The normalized spacial score (nSPS) is 11.8. The van der Waals surface area contributed by atoms with E-state index in [-0.39, 0.29) is 6.42 Å². The second kappa shape index (κ2) is 9.48. The lowest BCUT2D eigenvalue weighted by Crippen LogP contribution is -2.47. The molecule has 1 atom stereocenters. The maximum absolute atomic E-state index is 13.1. The van der Waals surface area contributed by atoms with Gasteiger partial charge < -0.3 is 15.6 Å². The average molecular weight is 441 g/mol. The van der Waals surface area contributed by atoms with Crippen molar-refractivity contribution < 1.29 is 14.4 Å². The summed E-state index contributed by atoms with van der Waals surface area (Å²) in [5.74, 6) is -1.76. The summed E-state index contributed by atoms with van der Waals surface area (Å²) in [7, 11) is 0. The van der Waals surface area contributed by atoms with Crippen LogP contribution in [0.2, 0.25) is 0 Å². The standard InChI is InChI=1S/C26H24N4O3/c1-17-28-15-23(30(17)16-19-11-12-20-9-5-6-10-21(20)13-19)26(33)29-22(24(31)25(27)32)14-18-7-3-2-4-8-18/h2-13,15,22H,14,16H2,1H3,(H2,27,32)(H,29,33). The Balaban J connectivity index is 1.58. The lowest BCUT2D eigenvalue weighted by molar-refractivity contribution is -0.137. The summed E-state index contributed by atoms with van der Waals surface area (Å²) in [5.41, 5.74) is 7.35. The van der Waals surface area contributed by atoms with Crippen molar-refractivity contribution >= 4 is 28.4 Å². The van der Waals surface area contributed by atoms with Crippen LogP contribution in [-0.2, 0) is 22.6 Å². The van der Waals surface area contributed by atoms with Gasteiger partial charge >= 0.3 is 0 Å². The van der Waals surface area contributed by atoms with E-state index in [0.717, 1.165) is 21.9 Å². The summed E-state index contributed by atoms with van der Waals surface area (Å²) in [6.45, 7) is 2.25. The summed E-state index contributed by atoms with van der Waals surface area (Å²) in [4.78, 5) is 41.4.